The van der Waals surface area contributed by atoms with Gasteiger partial charge in [-0.1, -0.05) is 6.42 Å². The first-order valence-corrected chi connectivity index (χ1v) is 5.32. The molecule has 3 unspecified atom stereocenters. The van der Waals surface area contributed by atoms with Crippen LogP contribution in [0.15, 0.2) is 5.10 Å². The Labute approximate surface area is 83.9 Å². The lowest BCUT2D eigenvalue weighted by Gasteiger charge is -2.19. The molecule has 2 aliphatic rings. The summed E-state index contributed by atoms with van der Waals surface area (Å²) in [5, 5.41) is 3.77. The molecule has 78 valence electrons. The van der Waals surface area contributed by atoms with Gasteiger partial charge in [0.25, 0.3) is 0 Å². The molecule has 0 aromatic rings. The van der Waals surface area contributed by atoms with E-state index in [1.54, 1.807) is 6.21 Å². The van der Waals surface area contributed by atoms with Gasteiger partial charge in [-0.3, -0.25) is 0 Å². The third-order valence-corrected chi connectivity index (χ3v) is 3.56. The summed E-state index contributed by atoms with van der Waals surface area (Å²) < 4.78 is 0. The first-order valence-electron chi connectivity index (χ1n) is 5.32. The molecule has 0 spiro atoms. The van der Waals surface area contributed by atoms with Crippen LogP contribution in [-0.2, 0) is 0 Å². The van der Waals surface area contributed by atoms with Crippen LogP contribution in [0.4, 0.5) is 4.79 Å². The number of nitrogens with zero attached hydrogens (tertiary/aromatic N) is 1. The minimum atomic E-state index is -0.589. The summed E-state index contributed by atoms with van der Waals surface area (Å²) in [5.41, 5.74) is 7.11. The Morgan fingerprint density at radius 3 is 2.93 bits per heavy atom. The summed E-state index contributed by atoms with van der Waals surface area (Å²) in [6.45, 7) is 0. The van der Waals surface area contributed by atoms with Crippen molar-refractivity contribution < 1.29 is 4.79 Å². The Morgan fingerprint density at radius 2 is 2.36 bits per heavy atom. The van der Waals surface area contributed by atoms with Gasteiger partial charge in [0.15, 0.2) is 0 Å². The van der Waals surface area contributed by atoms with Crippen LogP contribution in [0, 0.1) is 17.8 Å². The van der Waals surface area contributed by atoms with Crippen molar-refractivity contribution in [2.75, 3.05) is 0 Å². The molecule has 14 heavy (non-hydrogen) atoms. The zero-order valence-electron chi connectivity index (χ0n) is 8.28. The van der Waals surface area contributed by atoms with Crippen LogP contribution in [0.2, 0.25) is 0 Å². The van der Waals surface area contributed by atoms with Crippen LogP contribution in [0.25, 0.3) is 0 Å². The monoisotopic (exact) mass is 195 g/mol. The van der Waals surface area contributed by atoms with Crippen molar-refractivity contribution in [2.45, 2.75) is 32.1 Å². The summed E-state index contributed by atoms with van der Waals surface area (Å²) in [4.78, 5) is 10.3. The third-order valence-electron chi connectivity index (χ3n) is 3.56. The van der Waals surface area contributed by atoms with Crippen LogP contribution in [0.5, 0.6) is 0 Å². The van der Waals surface area contributed by atoms with Crippen LogP contribution < -0.4 is 11.2 Å². The van der Waals surface area contributed by atoms with E-state index in [9.17, 15) is 4.79 Å². The van der Waals surface area contributed by atoms with Gasteiger partial charge in [0.2, 0.25) is 0 Å². The minimum absolute atomic E-state index is 0.589. The van der Waals surface area contributed by atoms with E-state index in [2.05, 4.69) is 10.5 Å². The predicted molar refractivity (Wildman–Crippen MR) is 54.8 cm³/mol. The summed E-state index contributed by atoms with van der Waals surface area (Å²) >= 11 is 0. The van der Waals surface area contributed by atoms with E-state index >= 15 is 0 Å². The number of hydrogen-bond donors (Lipinski definition) is 2. The Kier molecular flexibility index (Phi) is 2.70. The van der Waals surface area contributed by atoms with Gasteiger partial charge < -0.3 is 5.73 Å². The second-order valence-electron chi connectivity index (χ2n) is 4.46. The Morgan fingerprint density at radius 1 is 1.50 bits per heavy atom. The highest BCUT2D eigenvalue weighted by Crippen LogP contribution is 2.49. The highest BCUT2D eigenvalue weighted by atomic mass is 16.2. The number of nitrogens with one attached hydrogen (secondary N) is 1. The highest BCUT2D eigenvalue weighted by molar-refractivity contribution is 5.72. The molecule has 2 saturated carbocycles. The fourth-order valence-corrected chi connectivity index (χ4v) is 2.96. The van der Waals surface area contributed by atoms with E-state index < -0.39 is 6.03 Å². The number of carbonyl (C=O) groups is 1. The van der Waals surface area contributed by atoms with Gasteiger partial charge in [-0.25, -0.2) is 10.2 Å². The largest absolute Gasteiger partial charge is 0.350 e. The maximum absolute atomic E-state index is 10.3. The van der Waals surface area contributed by atoms with Crippen molar-refractivity contribution in [3.8, 4) is 0 Å². The average Bonchev–Trinajstić information content (AvgIpc) is 2.73. The Hall–Kier alpha value is -1.06. The number of amides is 2. The number of hydrazone groups is 1. The minimum Gasteiger partial charge on any atom is -0.350 e. The summed E-state index contributed by atoms with van der Waals surface area (Å²) in [6.07, 6.45) is 8.37. The third kappa shape index (κ3) is 2.05. The molecule has 2 bridgehead atoms. The molecule has 0 aromatic heterocycles. The summed E-state index contributed by atoms with van der Waals surface area (Å²) in [7, 11) is 0. The molecule has 2 amide bonds. The number of urea groups is 1. The molecular weight excluding hydrogens is 178 g/mol. The second kappa shape index (κ2) is 3.98. The molecule has 3 atom stereocenters. The van der Waals surface area contributed by atoms with Crippen LogP contribution in [-0.4, -0.2) is 12.2 Å². The SMILES string of the molecule is NC(=O)N/N=C/CC1CC2CCC1C2. The number of primary amides is 1. The predicted octanol–water partition coefficient (Wildman–Crippen LogP) is 1.47. The Bertz CT molecular complexity index is 252. The summed E-state index contributed by atoms with van der Waals surface area (Å²) in [5.74, 6) is 2.69. The highest BCUT2D eigenvalue weighted by Gasteiger charge is 2.38. The molecule has 0 radical (unpaired) electrons. The number of fused-ring (bicyclic) bond motifs is 2. The van der Waals surface area contributed by atoms with Gasteiger partial charge in [-0.05, 0) is 43.4 Å². The average molecular weight is 195 g/mol. The van der Waals surface area contributed by atoms with Crippen LogP contribution >= 0.6 is 0 Å². The topological polar surface area (TPSA) is 67.5 Å². The first-order chi connectivity index (χ1) is 6.75. The van der Waals surface area contributed by atoms with E-state index in [-0.39, 0.29) is 0 Å². The van der Waals surface area contributed by atoms with Gasteiger partial charge in [0.05, 0.1) is 0 Å². The molecule has 3 N–H and O–H groups in total. The molecule has 0 aromatic carbocycles. The second-order valence-corrected chi connectivity index (χ2v) is 4.46. The molecule has 2 rings (SSSR count). The Balaban J connectivity index is 1.71. The molecular formula is C10H17N3O. The number of carbonyl (C=O) groups excluding carboxylic acids is 1. The van der Waals surface area contributed by atoms with E-state index in [0.717, 1.165) is 24.2 Å². The smallest absolute Gasteiger partial charge is 0.332 e. The van der Waals surface area contributed by atoms with Gasteiger partial charge in [-0.15, -0.1) is 0 Å². The van der Waals surface area contributed by atoms with E-state index in [1.165, 1.54) is 25.7 Å². The lowest BCUT2D eigenvalue weighted by Crippen LogP contribution is -2.24. The fourth-order valence-electron chi connectivity index (χ4n) is 2.96. The first kappa shape index (κ1) is 9.49. The van der Waals surface area contributed by atoms with E-state index in [4.69, 9.17) is 5.73 Å². The lowest BCUT2D eigenvalue weighted by molar-refractivity contribution is 0.249. The van der Waals surface area contributed by atoms with Gasteiger partial charge in [0.1, 0.15) is 0 Å². The quantitative estimate of drug-likeness (QED) is 0.519. The zero-order chi connectivity index (χ0) is 9.97. The maximum Gasteiger partial charge on any atom is 0.332 e. The van der Waals surface area contributed by atoms with Crippen molar-refractivity contribution in [3.05, 3.63) is 0 Å². The van der Waals surface area contributed by atoms with Crippen molar-refractivity contribution in [3.63, 3.8) is 0 Å². The van der Waals surface area contributed by atoms with Gasteiger partial charge in [0, 0.05) is 6.21 Å². The molecule has 2 fully saturated rings. The van der Waals surface area contributed by atoms with Crippen molar-refractivity contribution in [1.82, 2.24) is 5.43 Å². The fraction of sp³-hybridized carbons (Fsp3) is 0.800. The zero-order valence-corrected chi connectivity index (χ0v) is 8.28. The van der Waals surface area contributed by atoms with Crippen molar-refractivity contribution in [2.24, 2.45) is 28.6 Å². The molecule has 4 nitrogen and oxygen atoms in total. The van der Waals surface area contributed by atoms with Gasteiger partial charge >= 0.3 is 6.03 Å². The standard InChI is InChI=1S/C10H17N3O/c11-10(14)13-12-4-3-9-6-7-1-2-8(9)5-7/h4,7-9H,1-3,5-6H2,(H3,11,13,14)/b12-4+. The van der Waals surface area contributed by atoms with E-state index in [1.807, 2.05) is 0 Å². The normalized spacial score (nSPS) is 35.3. The molecule has 0 saturated heterocycles. The molecule has 2 aliphatic carbocycles. The molecule has 0 heterocycles. The molecule has 4 heteroatoms. The number of nitrogens with two attached hydrogens (primary N) is 1. The van der Waals surface area contributed by atoms with Crippen LogP contribution in [0.3, 0.4) is 0 Å². The molecule has 0 aliphatic heterocycles. The number of rotatable bonds is 3. The maximum atomic E-state index is 10.3. The van der Waals surface area contributed by atoms with Gasteiger partial charge in [-0.2, -0.15) is 5.10 Å². The summed E-state index contributed by atoms with van der Waals surface area (Å²) in [6, 6.07) is -0.589. The van der Waals surface area contributed by atoms with Crippen LogP contribution in [0.1, 0.15) is 32.1 Å². The van der Waals surface area contributed by atoms with Crippen molar-refractivity contribution in [1.29, 1.82) is 0 Å². The van der Waals surface area contributed by atoms with E-state index in [0.29, 0.717) is 0 Å². The lowest BCUT2D eigenvalue weighted by atomic mass is 9.87. The number of hydrogen-bond acceptors (Lipinski definition) is 2. The van der Waals surface area contributed by atoms with Crippen molar-refractivity contribution >= 4 is 12.2 Å².